The Morgan fingerprint density at radius 2 is 2.24 bits per heavy atom. The van der Waals surface area contributed by atoms with Crippen LogP contribution in [0.1, 0.15) is 18.7 Å². The fraction of sp³-hybridized carbons (Fsp3) is 0.667. The molecule has 0 radical (unpaired) electrons. The molecular formula is C12H20N4O. The fourth-order valence-corrected chi connectivity index (χ4v) is 2.11. The highest BCUT2D eigenvalue weighted by molar-refractivity contribution is 5.37. The molecule has 0 unspecified atom stereocenters. The first-order valence-corrected chi connectivity index (χ1v) is 6.16. The fourth-order valence-electron chi connectivity index (χ4n) is 2.11. The lowest BCUT2D eigenvalue weighted by molar-refractivity contribution is 0.0421. The van der Waals surface area contributed by atoms with Gasteiger partial charge in [0, 0.05) is 25.8 Å². The van der Waals surface area contributed by atoms with Crippen LogP contribution in [0.2, 0.25) is 0 Å². The van der Waals surface area contributed by atoms with Crippen molar-refractivity contribution in [2.24, 2.45) is 5.73 Å². The van der Waals surface area contributed by atoms with E-state index in [0.29, 0.717) is 19.3 Å². The van der Waals surface area contributed by atoms with Crippen molar-refractivity contribution in [1.29, 1.82) is 0 Å². The van der Waals surface area contributed by atoms with Crippen LogP contribution in [0.25, 0.3) is 0 Å². The van der Waals surface area contributed by atoms with Gasteiger partial charge in [0.15, 0.2) is 0 Å². The van der Waals surface area contributed by atoms with Gasteiger partial charge in [-0.15, -0.1) is 0 Å². The third-order valence-corrected chi connectivity index (χ3v) is 3.00. The maximum Gasteiger partial charge on any atom is 0.132 e. The van der Waals surface area contributed by atoms with Crippen molar-refractivity contribution in [3.05, 3.63) is 18.1 Å². The van der Waals surface area contributed by atoms with E-state index < -0.39 is 0 Å². The van der Waals surface area contributed by atoms with Gasteiger partial charge < -0.3 is 15.4 Å². The summed E-state index contributed by atoms with van der Waals surface area (Å²) in [6.45, 7) is 5.17. The zero-order valence-corrected chi connectivity index (χ0v) is 10.3. The van der Waals surface area contributed by atoms with E-state index in [-0.39, 0.29) is 0 Å². The molecule has 0 bridgehead atoms. The van der Waals surface area contributed by atoms with E-state index in [2.05, 4.69) is 14.9 Å². The minimum Gasteiger partial charge on any atom is -0.377 e. The van der Waals surface area contributed by atoms with Gasteiger partial charge in [0.05, 0.1) is 12.7 Å². The first-order valence-electron chi connectivity index (χ1n) is 6.16. The van der Waals surface area contributed by atoms with Crippen LogP contribution in [0, 0.1) is 6.92 Å². The Balaban J connectivity index is 1.86. The van der Waals surface area contributed by atoms with Gasteiger partial charge in [-0.1, -0.05) is 0 Å². The van der Waals surface area contributed by atoms with Gasteiger partial charge in [-0.3, -0.25) is 0 Å². The number of nitrogens with zero attached hydrogens (tertiary/aromatic N) is 3. The number of nitrogens with two attached hydrogens (primary N) is 1. The van der Waals surface area contributed by atoms with Crippen LogP contribution in [0.3, 0.4) is 0 Å². The molecule has 5 nitrogen and oxygen atoms in total. The molecule has 2 heterocycles. The molecule has 5 heteroatoms. The van der Waals surface area contributed by atoms with Crippen LogP contribution in [-0.2, 0) is 4.74 Å². The van der Waals surface area contributed by atoms with Crippen LogP contribution in [-0.4, -0.2) is 42.3 Å². The number of hydrogen-bond acceptors (Lipinski definition) is 5. The molecule has 1 fully saturated rings. The van der Waals surface area contributed by atoms with E-state index in [1.54, 1.807) is 0 Å². The molecule has 1 aromatic rings. The van der Waals surface area contributed by atoms with Crippen molar-refractivity contribution in [2.75, 3.05) is 31.1 Å². The van der Waals surface area contributed by atoms with Crippen molar-refractivity contribution in [1.82, 2.24) is 9.97 Å². The lowest BCUT2D eigenvalue weighted by Crippen LogP contribution is -2.38. The maximum absolute atomic E-state index is 5.66. The molecule has 2 N–H and O–H groups in total. The molecule has 94 valence electrons. The van der Waals surface area contributed by atoms with E-state index >= 15 is 0 Å². The monoisotopic (exact) mass is 236 g/mol. The van der Waals surface area contributed by atoms with Crippen molar-refractivity contribution < 1.29 is 4.74 Å². The number of aromatic nitrogens is 2. The minimum atomic E-state index is 0.359. The third-order valence-electron chi connectivity index (χ3n) is 3.00. The molecule has 0 aliphatic carbocycles. The van der Waals surface area contributed by atoms with Gasteiger partial charge in [0.1, 0.15) is 11.6 Å². The molecule has 0 saturated carbocycles. The highest BCUT2D eigenvalue weighted by Gasteiger charge is 2.20. The summed E-state index contributed by atoms with van der Waals surface area (Å²) >= 11 is 0. The zero-order chi connectivity index (χ0) is 12.1. The standard InChI is InChI=1S/C12H20N4O/c1-10-14-6-2-12(15-10)16-7-3-11(4-8-16)17-9-5-13/h2,6,11H,3-5,7-9,13H2,1H3. The van der Waals surface area contributed by atoms with Gasteiger partial charge >= 0.3 is 0 Å². The first kappa shape index (κ1) is 12.3. The summed E-state index contributed by atoms with van der Waals surface area (Å²) in [5.41, 5.74) is 5.43. The van der Waals surface area contributed by atoms with Crippen LogP contribution in [0.15, 0.2) is 12.3 Å². The molecule has 0 amide bonds. The van der Waals surface area contributed by atoms with Crippen molar-refractivity contribution in [2.45, 2.75) is 25.9 Å². The van der Waals surface area contributed by atoms with Gasteiger partial charge in [-0.05, 0) is 25.8 Å². The van der Waals surface area contributed by atoms with Crippen LogP contribution >= 0.6 is 0 Å². The largest absolute Gasteiger partial charge is 0.377 e. The van der Waals surface area contributed by atoms with Gasteiger partial charge in [-0.25, -0.2) is 9.97 Å². The summed E-state index contributed by atoms with van der Waals surface area (Å²) in [5.74, 6) is 1.85. The lowest BCUT2D eigenvalue weighted by Gasteiger charge is -2.32. The number of piperidine rings is 1. The normalized spacial score (nSPS) is 17.4. The Morgan fingerprint density at radius 1 is 1.47 bits per heavy atom. The Hall–Kier alpha value is -1.20. The SMILES string of the molecule is Cc1nccc(N2CCC(OCCN)CC2)n1. The topological polar surface area (TPSA) is 64.3 Å². The molecule has 0 atom stereocenters. The maximum atomic E-state index is 5.66. The van der Waals surface area contributed by atoms with E-state index in [1.165, 1.54) is 0 Å². The van der Waals surface area contributed by atoms with E-state index in [9.17, 15) is 0 Å². The third kappa shape index (κ3) is 3.38. The smallest absolute Gasteiger partial charge is 0.132 e. The summed E-state index contributed by atoms with van der Waals surface area (Å²) in [5, 5.41) is 0. The average molecular weight is 236 g/mol. The molecule has 0 spiro atoms. The quantitative estimate of drug-likeness (QED) is 0.835. The number of rotatable bonds is 4. The summed E-state index contributed by atoms with van der Waals surface area (Å²) in [7, 11) is 0. The van der Waals surface area contributed by atoms with Crippen molar-refractivity contribution in [3.63, 3.8) is 0 Å². The number of anilines is 1. The van der Waals surface area contributed by atoms with Crippen LogP contribution in [0.4, 0.5) is 5.82 Å². The molecule has 1 aliphatic rings. The van der Waals surface area contributed by atoms with Crippen molar-refractivity contribution in [3.8, 4) is 0 Å². The molecule has 1 saturated heterocycles. The number of ether oxygens (including phenoxy) is 1. The van der Waals surface area contributed by atoms with Gasteiger partial charge in [-0.2, -0.15) is 0 Å². The second-order valence-electron chi connectivity index (χ2n) is 4.31. The summed E-state index contributed by atoms with van der Waals surface area (Å²) < 4.78 is 5.66. The highest BCUT2D eigenvalue weighted by Crippen LogP contribution is 2.19. The molecule has 0 aromatic carbocycles. The molecular weight excluding hydrogens is 216 g/mol. The Bertz CT molecular complexity index is 350. The minimum absolute atomic E-state index is 0.359. The van der Waals surface area contributed by atoms with E-state index in [0.717, 1.165) is 37.6 Å². The molecule has 17 heavy (non-hydrogen) atoms. The number of aryl methyl sites for hydroxylation is 1. The van der Waals surface area contributed by atoms with Crippen molar-refractivity contribution >= 4 is 5.82 Å². The zero-order valence-electron chi connectivity index (χ0n) is 10.3. The summed E-state index contributed by atoms with van der Waals surface area (Å²) in [6, 6.07) is 1.97. The Kier molecular flexibility index (Phi) is 4.28. The number of hydrogen-bond donors (Lipinski definition) is 1. The predicted octanol–water partition coefficient (Wildman–Crippen LogP) is 0.729. The second-order valence-corrected chi connectivity index (χ2v) is 4.31. The van der Waals surface area contributed by atoms with Crippen LogP contribution < -0.4 is 10.6 Å². The summed E-state index contributed by atoms with van der Waals surface area (Å²) in [6.07, 6.45) is 4.26. The predicted molar refractivity (Wildman–Crippen MR) is 67.0 cm³/mol. The van der Waals surface area contributed by atoms with Gasteiger partial charge in [0.2, 0.25) is 0 Å². The Labute approximate surface area is 102 Å². The summed E-state index contributed by atoms with van der Waals surface area (Å²) in [4.78, 5) is 10.8. The molecule has 1 aromatic heterocycles. The highest BCUT2D eigenvalue weighted by atomic mass is 16.5. The lowest BCUT2D eigenvalue weighted by atomic mass is 10.1. The van der Waals surface area contributed by atoms with Gasteiger partial charge in [0.25, 0.3) is 0 Å². The first-order chi connectivity index (χ1) is 8.29. The van der Waals surface area contributed by atoms with Crippen LogP contribution in [0.5, 0.6) is 0 Å². The van der Waals surface area contributed by atoms with E-state index in [1.807, 2.05) is 19.2 Å². The second kappa shape index (κ2) is 5.93. The average Bonchev–Trinajstić information content (AvgIpc) is 2.37. The van der Waals surface area contributed by atoms with E-state index in [4.69, 9.17) is 10.5 Å². The molecule has 1 aliphatic heterocycles. The Morgan fingerprint density at radius 3 is 2.88 bits per heavy atom. The molecule has 2 rings (SSSR count).